The monoisotopic (exact) mass is 380 g/mol. The number of anilines is 1. The van der Waals surface area contributed by atoms with Crippen molar-refractivity contribution < 1.29 is 4.79 Å². The van der Waals surface area contributed by atoms with E-state index >= 15 is 0 Å². The molecule has 0 aliphatic rings. The van der Waals surface area contributed by atoms with Crippen LogP contribution in [0.4, 0.5) is 5.69 Å². The third kappa shape index (κ3) is 3.77. The van der Waals surface area contributed by atoms with Crippen LogP contribution in [0.15, 0.2) is 58.5 Å². The zero-order chi connectivity index (χ0) is 18.8. The number of nitrogens with zero attached hydrogens (tertiary/aromatic N) is 2. The molecular formula is C18H16N6O2S. The lowest BCUT2D eigenvalue weighted by Crippen LogP contribution is -2.22. The maximum absolute atomic E-state index is 12.5. The highest BCUT2D eigenvalue weighted by Gasteiger charge is 2.18. The van der Waals surface area contributed by atoms with Crippen molar-refractivity contribution in [2.45, 2.75) is 17.3 Å². The number of imidazole rings is 1. The lowest BCUT2D eigenvalue weighted by atomic mass is 10.2. The van der Waals surface area contributed by atoms with Crippen molar-refractivity contribution in [2.75, 3.05) is 5.32 Å². The number of carbonyl (C=O) groups is 1. The standard InChI is InChI=1S/C18H16N6O2S/c1-10(27-18-22-15(23-24-18)11-5-3-2-4-6-11)16(25)19-12-7-8-13-14(9-12)21-17(26)20-13/h2-10H,1H3,(H,19,25)(H2,20,21,26)(H,22,23,24)/t10-/m1/s1. The highest BCUT2D eigenvalue weighted by molar-refractivity contribution is 8.00. The summed E-state index contributed by atoms with van der Waals surface area (Å²) in [5.74, 6) is 0.482. The van der Waals surface area contributed by atoms with E-state index in [4.69, 9.17) is 0 Å². The molecule has 4 rings (SSSR count). The molecule has 0 bridgehead atoms. The second-order valence-corrected chi connectivity index (χ2v) is 7.23. The molecule has 0 unspecified atom stereocenters. The third-order valence-electron chi connectivity index (χ3n) is 3.95. The van der Waals surface area contributed by atoms with Crippen LogP contribution in [-0.2, 0) is 4.79 Å². The van der Waals surface area contributed by atoms with Gasteiger partial charge in [0.15, 0.2) is 5.82 Å². The van der Waals surface area contributed by atoms with Crippen LogP contribution in [-0.4, -0.2) is 36.3 Å². The zero-order valence-corrected chi connectivity index (χ0v) is 15.1. The molecule has 0 saturated heterocycles. The molecule has 27 heavy (non-hydrogen) atoms. The summed E-state index contributed by atoms with van der Waals surface area (Å²) in [6.45, 7) is 1.79. The van der Waals surface area contributed by atoms with Gasteiger partial charge in [-0.05, 0) is 25.1 Å². The van der Waals surface area contributed by atoms with Crippen molar-refractivity contribution in [1.29, 1.82) is 0 Å². The topological polar surface area (TPSA) is 119 Å². The van der Waals surface area contributed by atoms with E-state index < -0.39 is 5.25 Å². The molecule has 2 aromatic carbocycles. The molecule has 0 radical (unpaired) electrons. The number of carbonyl (C=O) groups excluding carboxylic acids is 1. The first-order valence-electron chi connectivity index (χ1n) is 8.26. The molecule has 0 spiro atoms. The lowest BCUT2D eigenvalue weighted by molar-refractivity contribution is -0.115. The third-order valence-corrected chi connectivity index (χ3v) is 4.91. The van der Waals surface area contributed by atoms with Gasteiger partial charge in [-0.3, -0.25) is 9.89 Å². The second kappa shape index (κ2) is 7.12. The van der Waals surface area contributed by atoms with Crippen LogP contribution in [0.2, 0.25) is 0 Å². The normalized spacial score (nSPS) is 12.2. The maximum atomic E-state index is 12.5. The van der Waals surface area contributed by atoms with Crippen LogP contribution in [0.25, 0.3) is 22.4 Å². The Kier molecular flexibility index (Phi) is 4.51. The number of amides is 1. The van der Waals surface area contributed by atoms with E-state index in [2.05, 4.69) is 30.5 Å². The molecule has 4 N–H and O–H groups in total. The molecule has 136 valence electrons. The number of rotatable bonds is 5. The fourth-order valence-electron chi connectivity index (χ4n) is 2.59. The number of H-pyrrole nitrogens is 3. The van der Waals surface area contributed by atoms with E-state index in [-0.39, 0.29) is 11.6 Å². The number of hydrogen-bond acceptors (Lipinski definition) is 5. The number of nitrogens with one attached hydrogen (secondary N) is 4. The first-order valence-corrected chi connectivity index (χ1v) is 9.14. The predicted molar refractivity (Wildman–Crippen MR) is 105 cm³/mol. The van der Waals surface area contributed by atoms with Crippen molar-refractivity contribution in [1.82, 2.24) is 25.1 Å². The number of thioether (sulfide) groups is 1. The van der Waals surface area contributed by atoms with Crippen molar-refractivity contribution >= 4 is 34.4 Å². The first-order chi connectivity index (χ1) is 13.1. The Balaban J connectivity index is 1.43. The fraction of sp³-hybridized carbons (Fsp3) is 0.111. The average Bonchev–Trinajstić information content (AvgIpc) is 3.27. The van der Waals surface area contributed by atoms with Gasteiger partial charge in [-0.15, -0.1) is 5.10 Å². The minimum atomic E-state index is -0.398. The summed E-state index contributed by atoms with van der Waals surface area (Å²) >= 11 is 1.26. The van der Waals surface area contributed by atoms with Gasteiger partial charge < -0.3 is 15.3 Å². The van der Waals surface area contributed by atoms with Crippen LogP contribution in [0, 0.1) is 0 Å². The summed E-state index contributed by atoms with van der Waals surface area (Å²) in [4.78, 5) is 33.5. The smallest absolute Gasteiger partial charge is 0.323 e. The number of benzene rings is 2. The van der Waals surface area contributed by atoms with Crippen LogP contribution >= 0.6 is 11.8 Å². The Bertz CT molecular complexity index is 1150. The minimum Gasteiger partial charge on any atom is -0.325 e. The fourth-order valence-corrected chi connectivity index (χ4v) is 3.31. The molecule has 2 heterocycles. The minimum absolute atomic E-state index is 0.178. The second-order valence-electron chi connectivity index (χ2n) is 5.92. The Hall–Kier alpha value is -3.33. The van der Waals surface area contributed by atoms with Gasteiger partial charge in [-0.1, -0.05) is 42.1 Å². The Morgan fingerprint density at radius 2 is 1.89 bits per heavy atom. The number of aromatic amines is 3. The predicted octanol–water partition coefficient (Wildman–Crippen LogP) is 2.76. The summed E-state index contributed by atoms with van der Waals surface area (Å²) in [5.41, 5.74) is 2.59. The zero-order valence-electron chi connectivity index (χ0n) is 14.3. The summed E-state index contributed by atoms with van der Waals surface area (Å²) in [6.07, 6.45) is 0. The SMILES string of the molecule is C[C@@H](Sc1n[nH]c(-c2ccccc2)n1)C(=O)Nc1ccc2[nH]c(=O)[nH]c2c1. The molecule has 4 aromatic rings. The van der Waals surface area contributed by atoms with Gasteiger partial charge in [0.2, 0.25) is 11.1 Å². The average molecular weight is 380 g/mol. The van der Waals surface area contributed by atoms with E-state index in [0.29, 0.717) is 27.7 Å². The first kappa shape index (κ1) is 17.1. The largest absolute Gasteiger partial charge is 0.325 e. The van der Waals surface area contributed by atoms with Crippen LogP contribution in [0.3, 0.4) is 0 Å². The molecule has 9 heteroatoms. The number of aromatic nitrogens is 5. The van der Waals surface area contributed by atoms with Crippen molar-refractivity contribution in [2.24, 2.45) is 0 Å². The lowest BCUT2D eigenvalue weighted by Gasteiger charge is -2.10. The van der Waals surface area contributed by atoms with Gasteiger partial charge in [-0.25, -0.2) is 9.78 Å². The van der Waals surface area contributed by atoms with Crippen molar-refractivity contribution in [3.63, 3.8) is 0 Å². The summed E-state index contributed by atoms with van der Waals surface area (Å²) in [7, 11) is 0. The van der Waals surface area contributed by atoms with E-state index in [1.807, 2.05) is 30.3 Å². The van der Waals surface area contributed by atoms with Gasteiger partial charge in [0.25, 0.3) is 0 Å². The van der Waals surface area contributed by atoms with Crippen LogP contribution in [0.1, 0.15) is 6.92 Å². The summed E-state index contributed by atoms with van der Waals surface area (Å²) in [5, 5.41) is 10.0. The van der Waals surface area contributed by atoms with Crippen molar-refractivity contribution in [3.8, 4) is 11.4 Å². The number of fused-ring (bicyclic) bond motifs is 1. The molecular weight excluding hydrogens is 364 g/mol. The van der Waals surface area contributed by atoms with E-state index in [1.54, 1.807) is 25.1 Å². The van der Waals surface area contributed by atoms with Gasteiger partial charge in [-0.2, -0.15) is 0 Å². The molecule has 0 saturated carbocycles. The number of hydrogen-bond donors (Lipinski definition) is 4. The van der Waals surface area contributed by atoms with E-state index in [9.17, 15) is 9.59 Å². The van der Waals surface area contributed by atoms with E-state index in [0.717, 1.165) is 5.56 Å². The highest BCUT2D eigenvalue weighted by atomic mass is 32.2. The molecule has 2 aromatic heterocycles. The van der Waals surface area contributed by atoms with Crippen molar-refractivity contribution in [3.05, 3.63) is 59.0 Å². The molecule has 1 atom stereocenters. The molecule has 0 aliphatic heterocycles. The summed E-state index contributed by atoms with van der Waals surface area (Å²) < 4.78 is 0. The Morgan fingerprint density at radius 1 is 1.11 bits per heavy atom. The molecule has 1 amide bonds. The molecule has 0 aliphatic carbocycles. The Labute approximate surface area is 157 Å². The van der Waals surface area contributed by atoms with Gasteiger partial charge in [0, 0.05) is 11.3 Å². The van der Waals surface area contributed by atoms with Crippen LogP contribution < -0.4 is 11.0 Å². The van der Waals surface area contributed by atoms with Gasteiger partial charge in [0.1, 0.15) is 0 Å². The highest BCUT2D eigenvalue weighted by Crippen LogP contribution is 2.24. The summed E-state index contributed by atoms with van der Waals surface area (Å²) in [6, 6.07) is 14.8. The van der Waals surface area contributed by atoms with Gasteiger partial charge >= 0.3 is 5.69 Å². The molecule has 8 nitrogen and oxygen atoms in total. The van der Waals surface area contributed by atoms with Crippen LogP contribution in [0.5, 0.6) is 0 Å². The Morgan fingerprint density at radius 3 is 2.70 bits per heavy atom. The van der Waals surface area contributed by atoms with E-state index in [1.165, 1.54) is 11.8 Å². The van der Waals surface area contributed by atoms with Gasteiger partial charge in [0.05, 0.1) is 16.3 Å². The molecule has 0 fully saturated rings. The maximum Gasteiger partial charge on any atom is 0.323 e. The quantitative estimate of drug-likeness (QED) is 0.397.